The van der Waals surface area contributed by atoms with Gasteiger partial charge < -0.3 is 9.47 Å². The summed E-state index contributed by atoms with van der Waals surface area (Å²) in [7, 11) is 0. The number of rotatable bonds is 5. The van der Waals surface area contributed by atoms with Gasteiger partial charge in [0, 0.05) is 10.4 Å². The van der Waals surface area contributed by atoms with E-state index in [4.69, 9.17) is 16.6 Å². The fourth-order valence-electron chi connectivity index (χ4n) is 2.91. The summed E-state index contributed by atoms with van der Waals surface area (Å²) in [5, 5.41) is 3.07. The van der Waals surface area contributed by atoms with Crippen molar-refractivity contribution >= 4 is 44.2 Å². The smallest absolute Gasteiger partial charge is 0.124 e. The minimum Gasteiger partial charge on any atom is -0.334 e. The lowest BCUT2D eigenvalue weighted by Crippen LogP contribution is -3.11. The van der Waals surface area contributed by atoms with Gasteiger partial charge in [-0.05, 0) is 39.0 Å². The molecule has 0 aliphatic heterocycles. The third-order valence-electron chi connectivity index (χ3n) is 4.15. The minimum atomic E-state index is 0.779. The van der Waals surface area contributed by atoms with Crippen molar-refractivity contribution in [3.8, 4) is 0 Å². The Morgan fingerprint density at radius 3 is 2.76 bits per heavy atom. The zero-order valence-electron chi connectivity index (χ0n) is 12.7. The summed E-state index contributed by atoms with van der Waals surface area (Å²) in [5.41, 5.74) is 2.35. The van der Waals surface area contributed by atoms with Crippen molar-refractivity contribution in [3.63, 3.8) is 0 Å². The van der Waals surface area contributed by atoms with Gasteiger partial charge in [-0.3, -0.25) is 0 Å². The van der Waals surface area contributed by atoms with Gasteiger partial charge in [0.15, 0.2) is 0 Å². The van der Waals surface area contributed by atoms with E-state index in [2.05, 4.69) is 31.4 Å². The maximum absolute atomic E-state index is 6.17. The Morgan fingerprint density at radius 1 is 1.29 bits per heavy atom. The van der Waals surface area contributed by atoms with E-state index in [0.717, 1.165) is 28.6 Å². The highest BCUT2D eigenvalue weighted by Crippen LogP contribution is 2.33. The van der Waals surface area contributed by atoms with Crippen LogP contribution in [0.25, 0.3) is 21.3 Å². The quantitative estimate of drug-likeness (QED) is 0.766. The first-order valence-electron chi connectivity index (χ1n) is 7.52. The second-order valence-corrected chi connectivity index (χ2v) is 7.02. The van der Waals surface area contributed by atoms with E-state index in [1.165, 1.54) is 28.8 Å². The van der Waals surface area contributed by atoms with E-state index in [9.17, 15) is 0 Å². The summed E-state index contributed by atoms with van der Waals surface area (Å²) < 4.78 is 2.41. The Morgan fingerprint density at radius 2 is 2.05 bits per heavy atom. The van der Waals surface area contributed by atoms with Crippen molar-refractivity contribution in [1.29, 1.82) is 0 Å². The zero-order chi connectivity index (χ0) is 15.0. The summed E-state index contributed by atoms with van der Waals surface area (Å²) in [6, 6.07) is 6.14. The van der Waals surface area contributed by atoms with Crippen molar-refractivity contribution in [2.45, 2.75) is 27.3 Å². The molecule has 112 valence electrons. The number of halogens is 1. The Labute approximate surface area is 134 Å². The van der Waals surface area contributed by atoms with Crippen LogP contribution in [0.15, 0.2) is 18.2 Å². The highest BCUT2D eigenvalue weighted by atomic mass is 35.5. The Hall–Kier alpha value is -1.10. The van der Waals surface area contributed by atoms with Crippen LogP contribution in [0.3, 0.4) is 0 Å². The van der Waals surface area contributed by atoms with Crippen LogP contribution in [0.1, 0.15) is 18.9 Å². The molecule has 3 rings (SSSR count). The molecule has 5 heteroatoms. The molecule has 0 atom stereocenters. The van der Waals surface area contributed by atoms with Crippen LogP contribution in [0.5, 0.6) is 0 Å². The van der Waals surface area contributed by atoms with Gasteiger partial charge >= 0.3 is 0 Å². The van der Waals surface area contributed by atoms with Gasteiger partial charge in [0.2, 0.25) is 0 Å². The predicted molar refractivity (Wildman–Crippen MR) is 91.8 cm³/mol. The first-order valence-corrected chi connectivity index (χ1v) is 8.72. The average molecular weight is 323 g/mol. The molecule has 3 aromatic rings. The standard InChI is InChI=1S/C16H20ClN3S/c1-4-19(5-2)8-9-20-14-7-6-12(17)10-13(14)15-16(20)21-11(3)18-15/h6-7,10H,4-5,8-9H2,1-3H3/p+1. The number of quaternary nitrogens is 1. The SMILES string of the molecule is CC[NH+](CC)CCn1c2ccc(Cl)cc2c2nc(C)sc21. The van der Waals surface area contributed by atoms with Gasteiger partial charge in [-0.15, -0.1) is 11.3 Å². The van der Waals surface area contributed by atoms with Crippen molar-refractivity contribution in [2.24, 2.45) is 0 Å². The van der Waals surface area contributed by atoms with E-state index in [1.807, 2.05) is 12.1 Å². The van der Waals surface area contributed by atoms with E-state index >= 15 is 0 Å². The molecule has 0 aliphatic rings. The van der Waals surface area contributed by atoms with Crippen LogP contribution >= 0.6 is 22.9 Å². The first-order chi connectivity index (χ1) is 10.1. The number of hydrogen-bond acceptors (Lipinski definition) is 2. The molecule has 2 aromatic heterocycles. The van der Waals surface area contributed by atoms with E-state index in [-0.39, 0.29) is 0 Å². The minimum absolute atomic E-state index is 0.779. The Kier molecular flexibility index (Phi) is 4.20. The third kappa shape index (κ3) is 2.68. The van der Waals surface area contributed by atoms with E-state index in [0.29, 0.717) is 0 Å². The molecule has 2 heterocycles. The molecular weight excluding hydrogens is 302 g/mol. The molecule has 0 bridgehead atoms. The number of nitrogens with one attached hydrogen (secondary N) is 1. The number of likely N-dealkylation sites (N-methyl/N-ethyl adjacent to an activating group) is 1. The van der Waals surface area contributed by atoms with Gasteiger partial charge in [-0.25, -0.2) is 4.98 Å². The monoisotopic (exact) mass is 322 g/mol. The number of thiazole rings is 1. The molecule has 0 amide bonds. The number of aromatic nitrogens is 2. The second kappa shape index (κ2) is 5.95. The van der Waals surface area contributed by atoms with Gasteiger partial charge in [0.05, 0.1) is 36.7 Å². The molecule has 0 unspecified atom stereocenters. The van der Waals surface area contributed by atoms with Crippen molar-refractivity contribution in [1.82, 2.24) is 9.55 Å². The molecule has 0 saturated heterocycles. The summed E-state index contributed by atoms with van der Waals surface area (Å²) in [4.78, 5) is 7.60. The number of hydrogen-bond donors (Lipinski definition) is 1. The van der Waals surface area contributed by atoms with Crippen LogP contribution in [0.2, 0.25) is 5.02 Å². The number of aryl methyl sites for hydroxylation is 1. The molecule has 0 saturated carbocycles. The van der Waals surface area contributed by atoms with Gasteiger partial charge in [0.1, 0.15) is 10.3 Å². The Bertz CT molecular complexity index is 771. The van der Waals surface area contributed by atoms with Gasteiger partial charge in [-0.1, -0.05) is 11.6 Å². The van der Waals surface area contributed by atoms with E-state index < -0.39 is 0 Å². The lowest BCUT2D eigenvalue weighted by molar-refractivity contribution is -0.897. The molecule has 1 N–H and O–H groups in total. The van der Waals surface area contributed by atoms with Crippen LogP contribution in [0, 0.1) is 6.92 Å². The number of nitrogens with zero attached hydrogens (tertiary/aromatic N) is 2. The number of benzene rings is 1. The molecular formula is C16H21ClN3S+. The van der Waals surface area contributed by atoms with Crippen LogP contribution in [0.4, 0.5) is 0 Å². The number of fused-ring (bicyclic) bond motifs is 3. The van der Waals surface area contributed by atoms with Gasteiger partial charge in [-0.2, -0.15) is 0 Å². The maximum atomic E-state index is 6.17. The van der Waals surface area contributed by atoms with Crippen molar-refractivity contribution < 1.29 is 4.90 Å². The largest absolute Gasteiger partial charge is 0.334 e. The van der Waals surface area contributed by atoms with Gasteiger partial charge in [0.25, 0.3) is 0 Å². The zero-order valence-corrected chi connectivity index (χ0v) is 14.3. The summed E-state index contributed by atoms with van der Waals surface area (Å²) in [6.07, 6.45) is 0. The molecule has 0 radical (unpaired) electrons. The fourth-order valence-corrected chi connectivity index (χ4v) is 4.05. The summed E-state index contributed by atoms with van der Waals surface area (Å²) >= 11 is 7.95. The van der Waals surface area contributed by atoms with Crippen LogP contribution < -0.4 is 4.90 Å². The predicted octanol–water partition coefficient (Wildman–Crippen LogP) is 3.14. The van der Waals surface area contributed by atoms with Crippen molar-refractivity contribution in [3.05, 3.63) is 28.2 Å². The highest BCUT2D eigenvalue weighted by molar-refractivity contribution is 7.18. The Balaban J connectivity index is 2.09. The maximum Gasteiger partial charge on any atom is 0.124 e. The van der Waals surface area contributed by atoms with Crippen LogP contribution in [-0.4, -0.2) is 29.2 Å². The average Bonchev–Trinajstić information content (AvgIpc) is 2.97. The molecule has 1 aromatic carbocycles. The normalized spacial score (nSPS) is 12.0. The van der Waals surface area contributed by atoms with Crippen LogP contribution in [-0.2, 0) is 6.54 Å². The summed E-state index contributed by atoms with van der Waals surface area (Å²) in [6.45, 7) is 11.1. The molecule has 0 fully saturated rings. The second-order valence-electron chi connectivity index (χ2n) is 5.41. The highest BCUT2D eigenvalue weighted by Gasteiger charge is 2.16. The van der Waals surface area contributed by atoms with Crippen molar-refractivity contribution in [2.75, 3.05) is 19.6 Å². The third-order valence-corrected chi connectivity index (χ3v) is 5.38. The van der Waals surface area contributed by atoms with E-state index in [1.54, 1.807) is 16.2 Å². The first kappa shape index (κ1) is 14.8. The molecule has 0 aliphatic carbocycles. The molecule has 21 heavy (non-hydrogen) atoms. The molecule has 0 spiro atoms. The lowest BCUT2D eigenvalue weighted by Gasteiger charge is -2.16. The lowest BCUT2D eigenvalue weighted by atomic mass is 10.2. The summed E-state index contributed by atoms with van der Waals surface area (Å²) in [5.74, 6) is 0. The fraction of sp³-hybridized carbons (Fsp3) is 0.438. The topological polar surface area (TPSA) is 22.3 Å². The molecule has 3 nitrogen and oxygen atoms in total.